The van der Waals surface area contributed by atoms with E-state index in [0.29, 0.717) is 5.92 Å². The number of nitrogens with zero attached hydrogens (tertiary/aromatic N) is 1. The highest BCUT2D eigenvalue weighted by molar-refractivity contribution is 6.27. The summed E-state index contributed by atoms with van der Waals surface area (Å²) in [5, 5.41) is 19.0. The molecule has 3 rings (SSSR count). The Kier molecular flexibility index (Phi) is 5.97. The topological polar surface area (TPSA) is 103 Å². The van der Waals surface area contributed by atoms with Crippen molar-refractivity contribution in [3.8, 4) is 0 Å². The molecular weight excluding hydrogens is 331 g/mol. The second kappa shape index (κ2) is 7.98. The summed E-state index contributed by atoms with van der Waals surface area (Å²) in [4.78, 5) is 20.4. The Hall–Kier alpha value is -2.61. The fraction of sp³-hybridized carbons (Fsp3) is 0.412. The highest BCUT2D eigenvalue weighted by Gasteiger charge is 2.19. The first-order valence-electron chi connectivity index (χ1n) is 7.93. The number of benzene rings is 1. The molecule has 0 amide bonds. The van der Waals surface area contributed by atoms with Crippen LogP contribution in [0.1, 0.15) is 25.3 Å². The van der Waals surface area contributed by atoms with E-state index in [-0.39, 0.29) is 5.82 Å². The maximum Gasteiger partial charge on any atom is 0.414 e. The van der Waals surface area contributed by atoms with Gasteiger partial charge >= 0.3 is 11.9 Å². The number of hydrogen-bond donors (Lipinski definition) is 3. The smallest absolute Gasteiger partial charge is 0.414 e. The molecule has 1 aliphatic rings. The maximum atomic E-state index is 13.9. The number of fused-ring (bicyclic) bond motifs is 1. The molecule has 2 heterocycles. The van der Waals surface area contributed by atoms with Gasteiger partial charge in [0.1, 0.15) is 5.82 Å². The van der Waals surface area contributed by atoms with Crippen molar-refractivity contribution in [2.45, 2.75) is 19.8 Å². The Morgan fingerprint density at radius 3 is 2.32 bits per heavy atom. The highest BCUT2D eigenvalue weighted by Crippen LogP contribution is 2.35. The van der Waals surface area contributed by atoms with E-state index in [1.807, 2.05) is 0 Å². The summed E-state index contributed by atoms with van der Waals surface area (Å²) in [6.45, 7) is 7.82. The molecule has 7 nitrogen and oxygen atoms in total. The first kappa shape index (κ1) is 18.7. The normalized spacial score (nSPS) is 14.3. The van der Waals surface area contributed by atoms with E-state index in [1.165, 1.54) is 0 Å². The number of halogens is 1. The number of carbonyl (C=O) groups is 2. The van der Waals surface area contributed by atoms with Gasteiger partial charge in [-0.05, 0) is 12.0 Å². The second-order valence-corrected chi connectivity index (χ2v) is 5.99. The summed E-state index contributed by atoms with van der Waals surface area (Å²) >= 11 is 0. The van der Waals surface area contributed by atoms with E-state index < -0.39 is 11.9 Å². The highest BCUT2D eigenvalue weighted by atomic mass is 19.1. The molecule has 0 atom stereocenters. The lowest BCUT2D eigenvalue weighted by Gasteiger charge is -2.29. The van der Waals surface area contributed by atoms with Crippen LogP contribution in [0.2, 0.25) is 0 Å². The molecule has 0 radical (unpaired) electrons. The average molecular weight is 352 g/mol. The number of aliphatic carboxylic acids is 2. The molecule has 0 unspecified atom stereocenters. The van der Waals surface area contributed by atoms with E-state index in [9.17, 15) is 4.39 Å². The van der Waals surface area contributed by atoms with Crippen LogP contribution in [0.25, 0.3) is 11.0 Å². The van der Waals surface area contributed by atoms with Crippen molar-refractivity contribution in [3.05, 3.63) is 29.8 Å². The predicted octanol–water partition coefficient (Wildman–Crippen LogP) is 2.26. The summed E-state index contributed by atoms with van der Waals surface area (Å²) in [7, 11) is 0. The first-order valence-corrected chi connectivity index (χ1v) is 7.93. The van der Waals surface area contributed by atoms with Gasteiger partial charge in [0.15, 0.2) is 5.58 Å². The number of furan rings is 1. The molecule has 0 bridgehead atoms. The van der Waals surface area contributed by atoms with Crippen molar-refractivity contribution in [1.29, 1.82) is 0 Å². The molecule has 1 aromatic carbocycles. The fourth-order valence-corrected chi connectivity index (χ4v) is 2.69. The Morgan fingerprint density at radius 1 is 1.20 bits per heavy atom. The fourth-order valence-electron chi connectivity index (χ4n) is 2.69. The number of rotatable bonds is 2. The lowest BCUT2D eigenvalue weighted by molar-refractivity contribution is -0.159. The zero-order valence-electron chi connectivity index (χ0n) is 14.1. The van der Waals surface area contributed by atoms with E-state index in [1.54, 1.807) is 18.4 Å². The summed E-state index contributed by atoms with van der Waals surface area (Å²) in [5.41, 5.74) is 2.77. The molecule has 0 saturated carbocycles. The second-order valence-electron chi connectivity index (χ2n) is 5.99. The van der Waals surface area contributed by atoms with E-state index >= 15 is 0 Å². The first-order chi connectivity index (χ1) is 11.8. The largest absolute Gasteiger partial charge is 0.473 e. The number of carboxylic acids is 2. The summed E-state index contributed by atoms with van der Waals surface area (Å²) in [6, 6.07) is 3.17. The number of nitrogens with one attached hydrogen (secondary N) is 1. The van der Waals surface area contributed by atoms with Gasteiger partial charge in [-0.25, -0.2) is 14.0 Å². The predicted molar refractivity (Wildman–Crippen MR) is 90.6 cm³/mol. The molecule has 0 aliphatic carbocycles. The SMILES string of the molecule is CC(C)c1coc2c(N3CCNCC3)cc(F)cc12.O=C(O)C(=O)O. The van der Waals surface area contributed by atoms with E-state index in [0.717, 1.165) is 48.4 Å². The standard InChI is InChI=1S/C15H19FN2O.C2H2O4/c1-10(2)13-9-19-15-12(13)7-11(16)8-14(15)18-5-3-17-4-6-18;3-1(4)2(5)6/h7-10,17H,3-6H2,1-2H3;(H,3,4)(H,5,6). The van der Waals surface area contributed by atoms with Gasteiger partial charge in [-0.3, -0.25) is 0 Å². The van der Waals surface area contributed by atoms with Gasteiger partial charge in [0.2, 0.25) is 0 Å². The van der Waals surface area contributed by atoms with E-state index in [4.69, 9.17) is 24.2 Å². The lowest BCUT2D eigenvalue weighted by Crippen LogP contribution is -2.43. The molecule has 2 aromatic rings. The van der Waals surface area contributed by atoms with Gasteiger partial charge in [0, 0.05) is 43.2 Å². The Morgan fingerprint density at radius 2 is 1.80 bits per heavy atom. The molecule has 3 N–H and O–H groups in total. The lowest BCUT2D eigenvalue weighted by atomic mass is 10.0. The zero-order chi connectivity index (χ0) is 18.6. The zero-order valence-corrected chi connectivity index (χ0v) is 14.1. The number of hydrogen-bond acceptors (Lipinski definition) is 5. The molecule has 0 spiro atoms. The molecule has 25 heavy (non-hydrogen) atoms. The Bertz CT molecular complexity index is 754. The minimum Gasteiger partial charge on any atom is -0.473 e. The molecule has 8 heteroatoms. The van der Waals surface area contributed by atoms with Crippen LogP contribution in [0.3, 0.4) is 0 Å². The van der Waals surface area contributed by atoms with Crippen molar-refractivity contribution in [2.24, 2.45) is 0 Å². The van der Waals surface area contributed by atoms with Crippen LogP contribution in [-0.2, 0) is 9.59 Å². The molecule has 136 valence electrons. The van der Waals surface area contributed by atoms with Crippen LogP contribution in [0.5, 0.6) is 0 Å². The van der Waals surface area contributed by atoms with Gasteiger partial charge in [-0.2, -0.15) is 0 Å². The molecular formula is C17H21FN2O5. The van der Waals surface area contributed by atoms with Crippen LogP contribution >= 0.6 is 0 Å². The van der Waals surface area contributed by atoms with Gasteiger partial charge in [-0.15, -0.1) is 0 Å². The summed E-state index contributed by atoms with van der Waals surface area (Å²) in [5.74, 6) is -3.51. The average Bonchev–Trinajstić information content (AvgIpc) is 2.99. The third-order valence-electron chi connectivity index (χ3n) is 3.91. The number of piperazine rings is 1. The van der Waals surface area contributed by atoms with Gasteiger partial charge < -0.3 is 24.8 Å². The van der Waals surface area contributed by atoms with Crippen LogP contribution in [-0.4, -0.2) is 48.3 Å². The number of anilines is 1. The monoisotopic (exact) mass is 352 g/mol. The van der Waals surface area contributed by atoms with E-state index in [2.05, 4.69) is 24.1 Å². The maximum absolute atomic E-state index is 13.9. The quantitative estimate of drug-likeness (QED) is 0.712. The Labute approximate surface area is 144 Å². The third kappa shape index (κ3) is 4.48. The molecule has 1 aromatic heterocycles. The van der Waals surface area contributed by atoms with Crippen LogP contribution in [0, 0.1) is 5.82 Å². The van der Waals surface area contributed by atoms with Crippen molar-refractivity contribution in [3.63, 3.8) is 0 Å². The van der Waals surface area contributed by atoms with Crippen molar-refractivity contribution in [2.75, 3.05) is 31.1 Å². The molecule has 1 aliphatic heterocycles. The summed E-state index contributed by atoms with van der Waals surface area (Å²) < 4.78 is 19.6. The minimum absolute atomic E-state index is 0.190. The Balaban J connectivity index is 0.000000326. The van der Waals surface area contributed by atoms with Gasteiger partial charge in [-0.1, -0.05) is 13.8 Å². The van der Waals surface area contributed by atoms with Crippen molar-refractivity contribution in [1.82, 2.24) is 5.32 Å². The molecule has 1 saturated heterocycles. The summed E-state index contributed by atoms with van der Waals surface area (Å²) in [6.07, 6.45) is 1.76. The van der Waals surface area contributed by atoms with Crippen LogP contribution in [0.4, 0.5) is 10.1 Å². The van der Waals surface area contributed by atoms with Gasteiger partial charge in [0.05, 0.1) is 12.0 Å². The van der Waals surface area contributed by atoms with Crippen molar-refractivity contribution < 1.29 is 28.6 Å². The minimum atomic E-state index is -1.82. The van der Waals surface area contributed by atoms with Crippen LogP contribution < -0.4 is 10.2 Å². The number of carboxylic acid groups (broad SMARTS) is 2. The van der Waals surface area contributed by atoms with Crippen LogP contribution in [0.15, 0.2) is 22.8 Å². The third-order valence-corrected chi connectivity index (χ3v) is 3.91. The van der Waals surface area contributed by atoms with Crippen molar-refractivity contribution >= 4 is 28.6 Å². The molecule has 1 fully saturated rings. The van der Waals surface area contributed by atoms with Gasteiger partial charge in [0.25, 0.3) is 0 Å².